The van der Waals surface area contributed by atoms with Crippen molar-refractivity contribution in [3.05, 3.63) is 59.9 Å². The molecule has 0 bridgehead atoms. The SMILES string of the molecule is O=C(NN=Cc1cccc(S(=O)(=O)O)c1)c1ccncc1.[Na]. The number of pyridine rings is 1. The standard InChI is InChI=1S/C13H11N3O4S.Na/c17-13(11-4-6-14-7-5-11)16-15-9-10-2-1-3-12(8-10)21(18,19)20;/h1-9H,(H,16,17)(H,18,19,20);. The van der Waals surface area contributed by atoms with Crippen LogP contribution in [-0.2, 0) is 10.1 Å². The third-order valence-corrected chi connectivity index (χ3v) is 3.33. The second-order valence-corrected chi connectivity index (χ2v) is 5.40. The molecule has 0 saturated carbocycles. The smallest absolute Gasteiger partial charge is 0.282 e. The van der Waals surface area contributed by atoms with E-state index in [9.17, 15) is 13.2 Å². The summed E-state index contributed by atoms with van der Waals surface area (Å²) in [4.78, 5) is 15.2. The van der Waals surface area contributed by atoms with Gasteiger partial charge in [-0.25, -0.2) is 5.43 Å². The number of carbonyl (C=O) groups excluding carboxylic acids is 1. The molecule has 2 rings (SSSR count). The zero-order valence-electron chi connectivity index (χ0n) is 11.7. The molecule has 22 heavy (non-hydrogen) atoms. The fourth-order valence-electron chi connectivity index (χ4n) is 1.49. The van der Waals surface area contributed by atoms with Crippen molar-refractivity contribution in [2.75, 3.05) is 0 Å². The second-order valence-electron chi connectivity index (χ2n) is 3.98. The van der Waals surface area contributed by atoms with Crippen LogP contribution in [0.4, 0.5) is 0 Å². The van der Waals surface area contributed by atoms with Gasteiger partial charge in [-0.1, -0.05) is 12.1 Å². The molecule has 0 atom stereocenters. The van der Waals surface area contributed by atoms with Crippen LogP contribution in [0, 0.1) is 0 Å². The summed E-state index contributed by atoms with van der Waals surface area (Å²) in [7, 11) is -4.27. The maximum Gasteiger partial charge on any atom is 0.294 e. The number of amides is 1. The van der Waals surface area contributed by atoms with Crippen molar-refractivity contribution in [2.45, 2.75) is 4.90 Å². The molecule has 0 spiro atoms. The minimum atomic E-state index is -4.27. The number of nitrogens with one attached hydrogen (secondary N) is 1. The monoisotopic (exact) mass is 328 g/mol. The van der Waals surface area contributed by atoms with Crippen LogP contribution in [0.2, 0.25) is 0 Å². The Morgan fingerprint density at radius 1 is 1.23 bits per heavy atom. The Morgan fingerprint density at radius 2 is 1.91 bits per heavy atom. The van der Waals surface area contributed by atoms with Crippen LogP contribution in [0.15, 0.2) is 58.8 Å². The molecule has 0 aliphatic rings. The van der Waals surface area contributed by atoms with E-state index in [1.807, 2.05) is 0 Å². The van der Waals surface area contributed by atoms with Crippen molar-refractivity contribution in [3.63, 3.8) is 0 Å². The van der Waals surface area contributed by atoms with Crippen LogP contribution in [-0.4, -0.2) is 59.6 Å². The first-order valence-electron chi connectivity index (χ1n) is 5.78. The predicted octanol–water partition coefficient (Wildman–Crippen LogP) is 0.711. The van der Waals surface area contributed by atoms with Gasteiger partial charge in [0, 0.05) is 47.5 Å². The Morgan fingerprint density at radius 3 is 2.55 bits per heavy atom. The first-order chi connectivity index (χ1) is 9.97. The number of hydrogen-bond donors (Lipinski definition) is 2. The zero-order chi connectivity index (χ0) is 15.3. The number of hydrogen-bond acceptors (Lipinski definition) is 5. The van der Waals surface area contributed by atoms with Gasteiger partial charge in [0.05, 0.1) is 11.1 Å². The minimum absolute atomic E-state index is 0. The Hall–Kier alpha value is -1.58. The first-order valence-corrected chi connectivity index (χ1v) is 7.22. The van der Waals surface area contributed by atoms with E-state index < -0.39 is 16.0 Å². The van der Waals surface area contributed by atoms with Gasteiger partial charge >= 0.3 is 0 Å². The van der Waals surface area contributed by atoms with Crippen molar-refractivity contribution < 1.29 is 17.8 Å². The van der Waals surface area contributed by atoms with Crippen molar-refractivity contribution in [2.24, 2.45) is 5.10 Å². The third kappa shape index (κ3) is 5.32. The number of carbonyl (C=O) groups is 1. The van der Waals surface area contributed by atoms with Gasteiger partial charge in [-0.3, -0.25) is 14.3 Å². The Bertz CT molecular complexity index is 779. The summed E-state index contributed by atoms with van der Waals surface area (Å²) in [6, 6.07) is 8.58. The van der Waals surface area contributed by atoms with Crippen molar-refractivity contribution in [1.82, 2.24) is 10.4 Å². The average Bonchev–Trinajstić information content (AvgIpc) is 2.47. The number of aromatic nitrogens is 1. The molecule has 1 aromatic heterocycles. The molecule has 0 saturated heterocycles. The third-order valence-electron chi connectivity index (χ3n) is 2.48. The number of hydrazone groups is 1. The van der Waals surface area contributed by atoms with E-state index in [4.69, 9.17) is 4.55 Å². The molecule has 1 heterocycles. The molecule has 2 aromatic rings. The van der Waals surface area contributed by atoms with Gasteiger partial charge in [-0.05, 0) is 29.8 Å². The Balaban J connectivity index is 0.00000242. The maximum atomic E-state index is 11.7. The van der Waals surface area contributed by atoms with Crippen molar-refractivity contribution in [3.8, 4) is 0 Å². The predicted molar refractivity (Wildman–Crippen MR) is 81.3 cm³/mol. The summed E-state index contributed by atoms with van der Waals surface area (Å²) >= 11 is 0. The van der Waals surface area contributed by atoms with Crippen LogP contribution >= 0.6 is 0 Å². The van der Waals surface area contributed by atoms with Gasteiger partial charge in [0.15, 0.2) is 0 Å². The van der Waals surface area contributed by atoms with Crippen molar-refractivity contribution >= 4 is 51.8 Å². The maximum absolute atomic E-state index is 11.7. The molecular weight excluding hydrogens is 317 g/mol. The topological polar surface area (TPSA) is 109 Å². The number of rotatable bonds is 4. The molecule has 1 amide bonds. The average molecular weight is 328 g/mol. The molecule has 9 heteroatoms. The summed E-state index contributed by atoms with van der Waals surface area (Å²) in [5, 5.41) is 3.72. The second kappa shape index (κ2) is 8.16. The molecule has 7 nitrogen and oxygen atoms in total. The summed E-state index contributed by atoms with van der Waals surface area (Å²) < 4.78 is 30.9. The molecule has 2 N–H and O–H groups in total. The molecule has 0 unspecified atom stereocenters. The van der Waals surface area contributed by atoms with Gasteiger partial charge in [0.1, 0.15) is 0 Å². The van der Waals surface area contributed by atoms with Crippen LogP contribution in [0.25, 0.3) is 0 Å². The number of benzene rings is 1. The zero-order valence-corrected chi connectivity index (χ0v) is 14.5. The van der Waals surface area contributed by atoms with E-state index in [1.165, 1.54) is 48.9 Å². The van der Waals surface area contributed by atoms with E-state index in [-0.39, 0.29) is 34.5 Å². The van der Waals surface area contributed by atoms with Gasteiger partial charge < -0.3 is 0 Å². The van der Waals surface area contributed by atoms with E-state index in [0.717, 1.165) is 0 Å². The van der Waals surface area contributed by atoms with E-state index in [0.29, 0.717) is 11.1 Å². The Kier molecular flexibility index (Phi) is 6.85. The molecule has 109 valence electrons. The fourth-order valence-corrected chi connectivity index (χ4v) is 2.02. The van der Waals surface area contributed by atoms with E-state index in [1.54, 1.807) is 6.07 Å². The van der Waals surface area contributed by atoms with E-state index >= 15 is 0 Å². The largest absolute Gasteiger partial charge is 0.294 e. The number of nitrogens with zero attached hydrogens (tertiary/aromatic N) is 2. The summed E-state index contributed by atoms with van der Waals surface area (Å²) in [6.45, 7) is 0. The molecule has 0 fully saturated rings. The Labute approximate surface area is 149 Å². The van der Waals surface area contributed by atoms with Crippen LogP contribution in [0.3, 0.4) is 0 Å². The molecular formula is C13H11N3NaO4S. The normalized spacial score (nSPS) is 11.0. The van der Waals surface area contributed by atoms with Gasteiger partial charge in [0.2, 0.25) is 0 Å². The van der Waals surface area contributed by atoms with Crippen LogP contribution < -0.4 is 5.43 Å². The summed E-state index contributed by atoms with van der Waals surface area (Å²) in [6.07, 6.45) is 4.23. The summed E-state index contributed by atoms with van der Waals surface area (Å²) in [5.41, 5.74) is 3.11. The molecule has 1 aromatic carbocycles. The first kappa shape index (κ1) is 18.5. The van der Waals surface area contributed by atoms with Gasteiger partial charge in [0.25, 0.3) is 16.0 Å². The quantitative estimate of drug-likeness (QED) is 0.372. The van der Waals surface area contributed by atoms with Crippen LogP contribution in [0.1, 0.15) is 15.9 Å². The fraction of sp³-hybridized carbons (Fsp3) is 0. The molecule has 0 aliphatic heterocycles. The minimum Gasteiger partial charge on any atom is -0.282 e. The van der Waals surface area contributed by atoms with Crippen molar-refractivity contribution in [1.29, 1.82) is 0 Å². The molecule has 1 radical (unpaired) electrons. The van der Waals surface area contributed by atoms with Crippen LogP contribution in [0.5, 0.6) is 0 Å². The van der Waals surface area contributed by atoms with Gasteiger partial charge in [-0.15, -0.1) is 0 Å². The molecule has 0 aliphatic carbocycles. The van der Waals surface area contributed by atoms with E-state index in [2.05, 4.69) is 15.5 Å². The van der Waals surface area contributed by atoms with Gasteiger partial charge in [-0.2, -0.15) is 13.5 Å². The summed E-state index contributed by atoms with van der Waals surface area (Å²) in [5.74, 6) is -0.417.